The Morgan fingerprint density at radius 3 is 2.50 bits per heavy atom. The molecule has 0 saturated heterocycles. The molecule has 0 saturated carbocycles. The molecule has 36 heavy (non-hydrogen) atoms. The molecule has 0 aliphatic carbocycles. The maximum atomic E-state index is 13.5. The van der Waals surface area contributed by atoms with Gasteiger partial charge in [0, 0.05) is 46.7 Å². The van der Waals surface area contributed by atoms with Gasteiger partial charge in [0.25, 0.3) is 11.5 Å². The van der Waals surface area contributed by atoms with Crippen molar-refractivity contribution < 1.29 is 4.79 Å². The maximum absolute atomic E-state index is 13.5. The third-order valence-electron chi connectivity index (χ3n) is 6.47. The van der Waals surface area contributed by atoms with Crippen molar-refractivity contribution in [1.29, 1.82) is 0 Å². The first kappa shape index (κ1) is 25.4. The molecule has 0 aliphatic rings. The second-order valence-electron chi connectivity index (χ2n) is 9.98. The Bertz CT molecular complexity index is 1450. The second-order valence-corrected chi connectivity index (χ2v) is 9.98. The number of hydrogen-bond donors (Lipinski definition) is 2. The highest BCUT2D eigenvalue weighted by molar-refractivity contribution is 6.08. The van der Waals surface area contributed by atoms with Crippen molar-refractivity contribution in [2.75, 3.05) is 0 Å². The first-order chi connectivity index (χ1) is 17.2. The van der Waals surface area contributed by atoms with Crippen LogP contribution in [0.2, 0.25) is 0 Å². The van der Waals surface area contributed by atoms with Gasteiger partial charge in [-0.25, -0.2) is 0 Å². The number of carbonyl (C=O) groups is 1. The molecule has 0 fully saturated rings. The van der Waals surface area contributed by atoms with Crippen LogP contribution in [0, 0.1) is 6.92 Å². The number of pyridine rings is 2. The molecule has 0 unspecified atom stereocenters. The number of nitrogens with zero attached hydrogens (tertiary/aromatic N) is 3. The van der Waals surface area contributed by atoms with Gasteiger partial charge in [0.05, 0.1) is 17.3 Å². The van der Waals surface area contributed by atoms with Gasteiger partial charge in [-0.15, -0.1) is 0 Å². The summed E-state index contributed by atoms with van der Waals surface area (Å²) in [4.78, 5) is 33.6. The summed E-state index contributed by atoms with van der Waals surface area (Å²) in [6, 6.07) is 10.2. The van der Waals surface area contributed by atoms with Crippen LogP contribution in [0.5, 0.6) is 0 Å². The zero-order valence-electron chi connectivity index (χ0n) is 22.0. The Kier molecular flexibility index (Phi) is 7.38. The van der Waals surface area contributed by atoms with Gasteiger partial charge in [-0.2, -0.15) is 5.10 Å². The third-order valence-corrected chi connectivity index (χ3v) is 6.47. The molecule has 0 bridgehead atoms. The van der Waals surface area contributed by atoms with E-state index in [4.69, 9.17) is 0 Å². The van der Waals surface area contributed by atoms with Crippen molar-refractivity contribution in [2.45, 2.75) is 72.9 Å². The molecular formula is C29H35N5O2. The van der Waals surface area contributed by atoms with Gasteiger partial charge in [0.1, 0.15) is 0 Å². The Morgan fingerprint density at radius 2 is 1.86 bits per heavy atom. The second kappa shape index (κ2) is 10.5. The zero-order valence-corrected chi connectivity index (χ0v) is 22.0. The molecular weight excluding hydrogens is 450 g/mol. The number of aromatic amines is 1. The summed E-state index contributed by atoms with van der Waals surface area (Å²) in [7, 11) is 0. The van der Waals surface area contributed by atoms with Crippen molar-refractivity contribution in [3.63, 3.8) is 0 Å². The summed E-state index contributed by atoms with van der Waals surface area (Å²) in [6.45, 7) is 12.5. The fourth-order valence-corrected chi connectivity index (χ4v) is 4.56. The SMILES string of the molecule is CCCc1cc(C)[nH]c(=O)c1CNC(=O)c1cc(-c2ccc(C(C)C)nc2)cc2c1cnn2C(C)C. The fourth-order valence-electron chi connectivity index (χ4n) is 4.56. The number of rotatable bonds is 8. The van der Waals surface area contributed by atoms with E-state index in [9.17, 15) is 9.59 Å². The van der Waals surface area contributed by atoms with E-state index in [0.717, 1.165) is 51.8 Å². The van der Waals surface area contributed by atoms with E-state index in [2.05, 4.69) is 61.1 Å². The minimum Gasteiger partial charge on any atom is -0.348 e. The first-order valence-electron chi connectivity index (χ1n) is 12.7. The lowest BCUT2D eigenvalue weighted by atomic mass is 9.99. The van der Waals surface area contributed by atoms with Gasteiger partial charge in [-0.05, 0) is 68.5 Å². The summed E-state index contributed by atoms with van der Waals surface area (Å²) in [5, 5.41) is 8.33. The summed E-state index contributed by atoms with van der Waals surface area (Å²) in [5.41, 5.74) is 6.54. The van der Waals surface area contributed by atoms with E-state index < -0.39 is 0 Å². The first-order valence-corrected chi connectivity index (χ1v) is 12.7. The maximum Gasteiger partial charge on any atom is 0.253 e. The monoisotopic (exact) mass is 485 g/mol. The summed E-state index contributed by atoms with van der Waals surface area (Å²) in [5.74, 6) is 0.104. The lowest BCUT2D eigenvalue weighted by molar-refractivity contribution is 0.0952. The Balaban J connectivity index is 1.74. The van der Waals surface area contributed by atoms with Gasteiger partial charge < -0.3 is 10.3 Å². The number of carbonyl (C=O) groups excluding carboxylic acids is 1. The number of benzene rings is 1. The molecule has 3 heterocycles. The zero-order chi connectivity index (χ0) is 26.0. The molecule has 0 aliphatic heterocycles. The van der Waals surface area contributed by atoms with Crippen LogP contribution < -0.4 is 10.9 Å². The van der Waals surface area contributed by atoms with Crippen LogP contribution in [-0.2, 0) is 13.0 Å². The fraction of sp³-hybridized carbons (Fsp3) is 0.379. The topological polar surface area (TPSA) is 92.7 Å². The smallest absolute Gasteiger partial charge is 0.253 e. The molecule has 0 radical (unpaired) electrons. The number of fused-ring (bicyclic) bond motifs is 1. The average molecular weight is 486 g/mol. The predicted octanol–water partition coefficient (Wildman–Crippen LogP) is 5.68. The lowest BCUT2D eigenvalue weighted by Gasteiger charge is -2.13. The molecule has 2 N–H and O–H groups in total. The number of hydrogen-bond acceptors (Lipinski definition) is 4. The van der Waals surface area contributed by atoms with E-state index in [-0.39, 0.29) is 24.1 Å². The van der Waals surface area contributed by atoms with E-state index in [1.807, 2.05) is 42.1 Å². The van der Waals surface area contributed by atoms with Gasteiger partial charge >= 0.3 is 0 Å². The van der Waals surface area contributed by atoms with Crippen LogP contribution in [0.4, 0.5) is 0 Å². The Hall–Kier alpha value is -3.74. The average Bonchev–Trinajstić information content (AvgIpc) is 3.27. The number of nitrogens with one attached hydrogen (secondary N) is 2. The molecule has 0 spiro atoms. The normalized spacial score (nSPS) is 11.6. The number of aromatic nitrogens is 4. The van der Waals surface area contributed by atoms with Gasteiger partial charge in [-0.1, -0.05) is 33.3 Å². The van der Waals surface area contributed by atoms with Crippen LogP contribution in [-0.4, -0.2) is 25.7 Å². The molecule has 7 nitrogen and oxygen atoms in total. The van der Waals surface area contributed by atoms with Crippen molar-refractivity contribution in [1.82, 2.24) is 25.1 Å². The lowest BCUT2D eigenvalue weighted by Crippen LogP contribution is -2.28. The third kappa shape index (κ3) is 5.10. The number of amides is 1. The number of aryl methyl sites for hydroxylation is 2. The summed E-state index contributed by atoms with van der Waals surface area (Å²) < 4.78 is 1.93. The van der Waals surface area contributed by atoms with Crippen LogP contribution >= 0.6 is 0 Å². The van der Waals surface area contributed by atoms with Gasteiger partial charge in [0.15, 0.2) is 0 Å². The van der Waals surface area contributed by atoms with E-state index in [1.165, 1.54) is 0 Å². The van der Waals surface area contributed by atoms with Crippen molar-refractivity contribution in [3.05, 3.63) is 81.2 Å². The molecule has 7 heteroatoms. The summed E-state index contributed by atoms with van der Waals surface area (Å²) >= 11 is 0. The summed E-state index contributed by atoms with van der Waals surface area (Å²) in [6.07, 6.45) is 5.31. The minimum atomic E-state index is -0.237. The van der Waals surface area contributed by atoms with Crippen molar-refractivity contribution >= 4 is 16.8 Å². The highest BCUT2D eigenvalue weighted by Crippen LogP contribution is 2.30. The minimum absolute atomic E-state index is 0.137. The van der Waals surface area contributed by atoms with Gasteiger partial charge in [-0.3, -0.25) is 19.3 Å². The quantitative estimate of drug-likeness (QED) is 0.336. The molecule has 1 amide bonds. The van der Waals surface area contributed by atoms with Crippen molar-refractivity contribution in [3.8, 4) is 11.1 Å². The van der Waals surface area contributed by atoms with Crippen LogP contribution in [0.1, 0.15) is 85.9 Å². The van der Waals surface area contributed by atoms with E-state index in [1.54, 1.807) is 6.20 Å². The van der Waals surface area contributed by atoms with Crippen LogP contribution in [0.25, 0.3) is 22.0 Å². The van der Waals surface area contributed by atoms with Crippen LogP contribution in [0.15, 0.2) is 47.5 Å². The van der Waals surface area contributed by atoms with Crippen molar-refractivity contribution in [2.24, 2.45) is 0 Å². The standard InChI is InChI=1S/C29H35N5O2/c1-7-8-20-11-19(6)33-29(36)24(20)15-31-28(35)23-12-22(21-9-10-26(17(2)3)30-14-21)13-27-25(23)16-32-34(27)18(4)5/h9-14,16-18H,7-8,15H2,1-6H3,(H,31,35)(H,33,36). The number of H-pyrrole nitrogens is 1. The Labute approximate surface area is 212 Å². The molecule has 0 atom stereocenters. The molecule has 4 aromatic rings. The van der Waals surface area contributed by atoms with Crippen LogP contribution in [0.3, 0.4) is 0 Å². The molecule has 4 rings (SSSR count). The Morgan fingerprint density at radius 1 is 1.08 bits per heavy atom. The van der Waals surface area contributed by atoms with Gasteiger partial charge in [0.2, 0.25) is 0 Å². The molecule has 3 aromatic heterocycles. The highest BCUT2D eigenvalue weighted by atomic mass is 16.1. The predicted molar refractivity (Wildman–Crippen MR) is 144 cm³/mol. The molecule has 1 aromatic carbocycles. The van der Waals surface area contributed by atoms with E-state index >= 15 is 0 Å². The highest BCUT2D eigenvalue weighted by Gasteiger charge is 2.18. The van der Waals surface area contributed by atoms with E-state index in [0.29, 0.717) is 17.0 Å². The molecule has 188 valence electrons. The largest absolute Gasteiger partial charge is 0.348 e.